The van der Waals surface area contributed by atoms with Crippen LogP contribution in [0.1, 0.15) is 35.5 Å². The second kappa shape index (κ2) is 7.76. The molecule has 2 aromatic carbocycles. The predicted octanol–water partition coefficient (Wildman–Crippen LogP) is 6.23. The Labute approximate surface area is 172 Å². The Morgan fingerprint density at radius 3 is 2.61 bits per heavy atom. The molecule has 0 aliphatic carbocycles. The van der Waals surface area contributed by atoms with Gasteiger partial charge >= 0.3 is 0 Å². The van der Waals surface area contributed by atoms with Gasteiger partial charge in [0.15, 0.2) is 0 Å². The lowest BCUT2D eigenvalue weighted by atomic mass is 10.0. The van der Waals surface area contributed by atoms with Crippen LogP contribution >= 0.6 is 11.3 Å². The predicted molar refractivity (Wildman–Crippen MR) is 122 cm³/mol. The summed E-state index contributed by atoms with van der Waals surface area (Å²) in [5, 5.41) is 3.58. The zero-order valence-electron chi connectivity index (χ0n) is 17.1. The number of allylic oxidation sites excluding steroid dienone is 1. The minimum atomic E-state index is 0.953. The molecule has 1 aromatic heterocycles. The molecule has 0 saturated carbocycles. The van der Waals surface area contributed by atoms with Gasteiger partial charge in [-0.3, -0.25) is 0 Å². The van der Waals surface area contributed by atoms with Crippen molar-refractivity contribution in [1.82, 2.24) is 0 Å². The largest absolute Gasteiger partial charge is 0.341 e. The number of aryl methyl sites for hydroxylation is 2. The van der Waals surface area contributed by atoms with Gasteiger partial charge < -0.3 is 4.90 Å². The molecule has 0 bridgehead atoms. The number of nitrogens with zero attached hydrogens (tertiary/aromatic N) is 2. The van der Waals surface area contributed by atoms with Gasteiger partial charge in [-0.05, 0) is 63.1 Å². The Morgan fingerprint density at radius 2 is 1.86 bits per heavy atom. The number of hydrogen-bond donors (Lipinski definition) is 0. The quantitative estimate of drug-likeness (QED) is 0.481. The molecule has 0 N–H and O–H groups in total. The Balaban J connectivity index is 1.78. The Morgan fingerprint density at radius 1 is 1.04 bits per heavy atom. The maximum Gasteiger partial charge on any atom is 0.264 e. The van der Waals surface area contributed by atoms with Gasteiger partial charge in [-0.15, -0.1) is 0 Å². The summed E-state index contributed by atoms with van der Waals surface area (Å²) in [6.07, 6.45) is 6.82. The van der Waals surface area contributed by atoms with E-state index in [1.54, 1.807) is 0 Å². The fraction of sp³-hybridized carbons (Fsp3) is 0.240. The highest BCUT2D eigenvalue weighted by Crippen LogP contribution is 2.33. The molecule has 28 heavy (non-hydrogen) atoms. The van der Waals surface area contributed by atoms with E-state index < -0.39 is 0 Å². The van der Waals surface area contributed by atoms with Crippen LogP contribution in [-0.4, -0.2) is 6.54 Å². The van der Waals surface area contributed by atoms with E-state index in [-0.39, 0.29) is 0 Å². The minimum Gasteiger partial charge on any atom is -0.341 e. The van der Waals surface area contributed by atoms with Gasteiger partial charge in [-0.1, -0.05) is 47.2 Å². The van der Waals surface area contributed by atoms with Crippen molar-refractivity contribution < 1.29 is 4.57 Å². The van der Waals surface area contributed by atoms with Crippen molar-refractivity contribution >= 4 is 29.2 Å². The number of fused-ring (bicyclic) bond motifs is 1. The number of aromatic nitrogens is 1. The third-order valence-electron chi connectivity index (χ3n) is 5.39. The van der Waals surface area contributed by atoms with Crippen LogP contribution in [0.4, 0.5) is 5.69 Å². The van der Waals surface area contributed by atoms with Gasteiger partial charge in [-0.25, -0.2) is 0 Å². The molecular formula is C25H27N2S+. The van der Waals surface area contributed by atoms with Crippen LogP contribution in [0, 0.1) is 13.8 Å². The summed E-state index contributed by atoms with van der Waals surface area (Å²) >= 11 is 1.82. The third kappa shape index (κ3) is 3.31. The molecule has 4 rings (SSSR count). The molecule has 0 fully saturated rings. The molecule has 0 atom stereocenters. The fourth-order valence-corrected chi connectivity index (χ4v) is 4.96. The molecule has 2 nitrogen and oxygen atoms in total. The van der Waals surface area contributed by atoms with Crippen LogP contribution in [0.3, 0.4) is 0 Å². The Kier molecular flexibility index (Phi) is 5.19. The molecule has 0 saturated heterocycles. The molecule has 0 unspecified atom stereocenters. The van der Waals surface area contributed by atoms with Crippen LogP contribution < -0.4 is 9.47 Å². The Bertz CT molecular complexity index is 1070. The fourth-order valence-electron chi connectivity index (χ4n) is 3.93. The van der Waals surface area contributed by atoms with E-state index in [0.717, 1.165) is 13.1 Å². The second-order valence-electron chi connectivity index (χ2n) is 7.23. The summed E-state index contributed by atoms with van der Waals surface area (Å²) in [6.45, 7) is 10.7. The van der Waals surface area contributed by atoms with Crippen molar-refractivity contribution in [2.75, 3.05) is 11.4 Å². The lowest BCUT2D eigenvalue weighted by Gasteiger charge is -2.29. The summed E-state index contributed by atoms with van der Waals surface area (Å²) in [7, 11) is 0. The van der Waals surface area contributed by atoms with Crippen molar-refractivity contribution in [3.8, 4) is 11.3 Å². The van der Waals surface area contributed by atoms with Crippen LogP contribution in [0.15, 0.2) is 59.6 Å². The zero-order chi connectivity index (χ0) is 19.7. The number of rotatable bonds is 4. The molecule has 2 heterocycles. The molecule has 3 aromatic rings. The van der Waals surface area contributed by atoms with Crippen LogP contribution in [-0.2, 0) is 6.54 Å². The molecule has 0 spiro atoms. The lowest BCUT2D eigenvalue weighted by molar-refractivity contribution is -0.679. The lowest BCUT2D eigenvalue weighted by Crippen LogP contribution is -2.36. The van der Waals surface area contributed by atoms with E-state index in [1.165, 1.54) is 44.3 Å². The first kappa shape index (κ1) is 18.7. The highest BCUT2D eigenvalue weighted by atomic mass is 32.1. The maximum absolute atomic E-state index is 2.42. The van der Waals surface area contributed by atoms with E-state index in [9.17, 15) is 0 Å². The topological polar surface area (TPSA) is 7.12 Å². The first-order valence-corrected chi connectivity index (χ1v) is 10.9. The van der Waals surface area contributed by atoms with E-state index in [2.05, 4.69) is 103 Å². The van der Waals surface area contributed by atoms with Crippen molar-refractivity contribution in [3.05, 3.63) is 81.3 Å². The summed E-state index contributed by atoms with van der Waals surface area (Å²) in [5.41, 5.74) is 9.08. The van der Waals surface area contributed by atoms with Gasteiger partial charge in [0.25, 0.3) is 5.01 Å². The van der Waals surface area contributed by atoms with Crippen molar-refractivity contribution in [3.63, 3.8) is 0 Å². The highest BCUT2D eigenvalue weighted by molar-refractivity contribution is 7.10. The summed E-state index contributed by atoms with van der Waals surface area (Å²) in [4.78, 5) is 2.40. The van der Waals surface area contributed by atoms with Crippen LogP contribution in [0.2, 0.25) is 0 Å². The number of hydrogen-bond acceptors (Lipinski definition) is 2. The smallest absolute Gasteiger partial charge is 0.264 e. The molecule has 1 aliphatic heterocycles. The summed E-state index contributed by atoms with van der Waals surface area (Å²) in [5.74, 6) is 0. The molecule has 142 valence electrons. The first-order valence-electron chi connectivity index (χ1n) is 9.97. The minimum absolute atomic E-state index is 0.953. The van der Waals surface area contributed by atoms with Gasteiger partial charge in [-0.2, -0.15) is 4.57 Å². The highest BCUT2D eigenvalue weighted by Gasteiger charge is 2.23. The average molecular weight is 388 g/mol. The van der Waals surface area contributed by atoms with E-state index in [4.69, 9.17) is 0 Å². The molecule has 1 aliphatic rings. The van der Waals surface area contributed by atoms with Crippen molar-refractivity contribution in [2.45, 2.75) is 34.2 Å². The van der Waals surface area contributed by atoms with Gasteiger partial charge in [0.1, 0.15) is 6.54 Å². The molecule has 0 amide bonds. The van der Waals surface area contributed by atoms with Crippen molar-refractivity contribution in [1.29, 1.82) is 0 Å². The number of benzene rings is 2. The maximum atomic E-state index is 2.42. The number of anilines is 1. The first-order chi connectivity index (χ1) is 13.6. The van der Waals surface area contributed by atoms with Crippen LogP contribution in [0.25, 0.3) is 23.4 Å². The van der Waals surface area contributed by atoms with E-state index in [0.29, 0.717) is 0 Å². The summed E-state index contributed by atoms with van der Waals surface area (Å²) in [6, 6.07) is 15.3. The Hall–Kier alpha value is -2.65. The molecular weight excluding hydrogens is 360 g/mol. The number of likely N-dealkylation sites (N-methyl/N-ethyl adjacent to an activating group) is 1. The van der Waals surface area contributed by atoms with E-state index in [1.807, 2.05) is 11.3 Å². The average Bonchev–Trinajstić information content (AvgIpc) is 3.10. The third-order valence-corrected chi connectivity index (χ3v) is 6.31. The zero-order valence-corrected chi connectivity index (χ0v) is 17.9. The molecule has 3 heteroatoms. The van der Waals surface area contributed by atoms with E-state index >= 15 is 0 Å². The monoisotopic (exact) mass is 387 g/mol. The van der Waals surface area contributed by atoms with Gasteiger partial charge in [0, 0.05) is 29.6 Å². The van der Waals surface area contributed by atoms with Gasteiger partial charge in [0.05, 0.1) is 5.38 Å². The summed E-state index contributed by atoms with van der Waals surface area (Å²) < 4.78 is 2.42. The second-order valence-corrected chi connectivity index (χ2v) is 8.12. The number of thiazole rings is 1. The SMILES string of the molecule is CCN1C(=Cc2scc(-c3ccccc3C)[n+]2CC)C=Cc2cc(C)ccc21. The molecule has 0 radical (unpaired) electrons. The van der Waals surface area contributed by atoms with Crippen molar-refractivity contribution in [2.24, 2.45) is 0 Å². The van der Waals surface area contributed by atoms with Crippen LogP contribution in [0.5, 0.6) is 0 Å². The van der Waals surface area contributed by atoms with Gasteiger partial charge in [0.2, 0.25) is 5.69 Å². The standard InChI is InChI=1S/C25H27N2S/c1-5-26-21(13-12-20-15-18(3)11-14-23(20)26)16-25-27(6-2)24(17-28-25)22-10-8-7-9-19(22)4/h7-17H,5-6H2,1-4H3/q+1. The normalized spacial score (nSPS) is 14.6.